The first-order valence-corrected chi connectivity index (χ1v) is 8.39. The van der Waals surface area contributed by atoms with Gasteiger partial charge in [0.25, 0.3) is 0 Å². The van der Waals surface area contributed by atoms with Crippen LogP contribution in [-0.2, 0) is 11.3 Å². The molecular formula is C18H27NO3. The highest BCUT2D eigenvalue weighted by atomic mass is 16.6. The molecule has 0 spiro atoms. The quantitative estimate of drug-likeness (QED) is 0.901. The van der Waals surface area contributed by atoms with Crippen molar-refractivity contribution in [2.45, 2.75) is 57.6 Å². The number of aliphatic hydroxyl groups excluding tert-OH is 1. The van der Waals surface area contributed by atoms with E-state index in [0.29, 0.717) is 6.54 Å². The van der Waals surface area contributed by atoms with Crippen molar-refractivity contribution >= 4 is 6.09 Å². The monoisotopic (exact) mass is 305 g/mol. The number of carbonyl (C=O) groups excluding carboxylic acids is 1. The molecule has 22 heavy (non-hydrogen) atoms. The Morgan fingerprint density at radius 2 is 1.73 bits per heavy atom. The molecule has 0 atom stereocenters. The van der Waals surface area contributed by atoms with Gasteiger partial charge < -0.3 is 14.7 Å². The van der Waals surface area contributed by atoms with Gasteiger partial charge in [0.2, 0.25) is 0 Å². The van der Waals surface area contributed by atoms with Gasteiger partial charge in [-0.1, -0.05) is 62.4 Å². The van der Waals surface area contributed by atoms with E-state index in [2.05, 4.69) is 0 Å². The normalized spacial score (nSPS) is 16.6. The highest BCUT2D eigenvalue weighted by Gasteiger charge is 2.24. The van der Waals surface area contributed by atoms with Crippen LogP contribution in [0.5, 0.6) is 0 Å². The van der Waals surface area contributed by atoms with Crippen LogP contribution in [0, 0.1) is 0 Å². The van der Waals surface area contributed by atoms with E-state index >= 15 is 0 Å². The summed E-state index contributed by atoms with van der Waals surface area (Å²) in [6, 6.07) is 9.90. The van der Waals surface area contributed by atoms with Gasteiger partial charge in [0.1, 0.15) is 6.61 Å². The first kappa shape index (κ1) is 16.8. The maximum Gasteiger partial charge on any atom is 0.410 e. The SMILES string of the molecule is O=C(OCc1ccccc1)N(CCO)C1CCCCCCC1. The average Bonchev–Trinajstić information content (AvgIpc) is 2.52. The Hall–Kier alpha value is -1.55. The molecule has 0 saturated heterocycles. The maximum absolute atomic E-state index is 12.4. The molecule has 4 nitrogen and oxygen atoms in total. The van der Waals surface area contributed by atoms with Gasteiger partial charge in [0.05, 0.1) is 6.61 Å². The molecule has 0 radical (unpaired) electrons. The molecule has 122 valence electrons. The van der Waals surface area contributed by atoms with E-state index in [1.807, 2.05) is 30.3 Å². The molecule has 0 bridgehead atoms. The summed E-state index contributed by atoms with van der Waals surface area (Å²) in [6.45, 7) is 0.629. The number of hydrogen-bond acceptors (Lipinski definition) is 3. The molecule has 1 aromatic carbocycles. The minimum absolute atomic E-state index is 0.0169. The molecule has 1 N–H and O–H groups in total. The van der Waals surface area contributed by atoms with E-state index < -0.39 is 0 Å². The first-order valence-electron chi connectivity index (χ1n) is 8.39. The lowest BCUT2D eigenvalue weighted by Crippen LogP contribution is -2.42. The van der Waals surface area contributed by atoms with E-state index in [9.17, 15) is 9.90 Å². The summed E-state index contributed by atoms with van der Waals surface area (Å²) in [7, 11) is 0. The largest absolute Gasteiger partial charge is 0.445 e. The second kappa shape index (κ2) is 9.46. The van der Waals surface area contributed by atoms with Crippen LogP contribution in [0.4, 0.5) is 4.79 Å². The molecule has 0 unspecified atom stereocenters. The van der Waals surface area contributed by atoms with Crippen LogP contribution in [0.15, 0.2) is 30.3 Å². The van der Waals surface area contributed by atoms with Gasteiger partial charge >= 0.3 is 6.09 Å². The maximum atomic E-state index is 12.4. The average molecular weight is 305 g/mol. The number of carbonyl (C=O) groups is 1. The molecule has 1 saturated carbocycles. The van der Waals surface area contributed by atoms with Crippen molar-refractivity contribution in [3.8, 4) is 0 Å². The Kier molecular flexibility index (Phi) is 7.23. The van der Waals surface area contributed by atoms with Crippen LogP contribution < -0.4 is 0 Å². The van der Waals surface area contributed by atoms with Crippen molar-refractivity contribution in [1.82, 2.24) is 4.90 Å². The predicted molar refractivity (Wildman–Crippen MR) is 86.5 cm³/mol. The van der Waals surface area contributed by atoms with Gasteiger partial charge in [-0.25, -0.2) is 4.79 Å². The highest BCUT2D eigenvalue weighted by molar-refractivity contribution is 5.68. The zero-order valence-corrected chi connectivity index (χ0v) is 13.2. The number of amides is 1. The predicted octanol–water partition coefficient (Wildman–Crippen LogP) is 3.73. The third-order valence-electron chi connectivity index (χ3n) is 4.30. The summed E-state index contributed by atoms with van der Waals surface area (Å²) in [5, 5.41) is 9.28. The molecule has 0 aromatic heterocycles. The van der Waals surface area contributed by atoms with Crippen molar-refractivity contribution in [3.63, 3.8) is 0 Å². The van der Waals surface area contributed by atoms with E-state index in [1.54, 1.807) is 4.90 Å². The zero-order valence-electron chi connectivity index (χ0n) is 13.2. The standard InChI is InChI=1S/C18H27NO3/c20-14-13-19(17-11-7-2-1-3-8-12-17)18(21)22-15-16-9-5-4-6-10-16/h4-6,9-10,17,20H,1-3,7-8,11-15H2. The summed E-state index contributed by atoms with van der Waals surface area (Å²) >= 11 is 0. The van der Waals surface area contributed by atoms with E-state index in [4.69, 9.17) is 4.74 Å². The fourth-order valence-electron chi connectivity index (χ4n) is 3.08. The number of rotatable bonds is 5. The molecule has 4 heteroatoms. The third-order valence-corrected chi connectivity index (χ3v) is 4.30. The van der Waals surface area contributed by atoms with Gasteiger partial charge in [-0.3, -0.25) is 0 Å². The summed E-state index contributed by atoms with van der Waals surface area (Å²) in [5.41, 5.74) is 0.984. The molecule has 1 amide bonds. The molecule has 2 rings (SSSR count). The number of aliphatic hydroxyl groups is 1. The fourth-order valence-corrected chi connectivity index (χ4v) is 3.08. The fraction of sp³-hybridized carbons (Fsp3) is 0.611. The number of hydrogen-bond donors (Lipinski definition) is 1. The summed E-state index contributed by atoms with van der Waals surface area (Å²) < 4.78 is 5.44. The van der Waals surface area contributed by atoms with Gasteiger partial charge in [-0.05, 0) is 18.4 Å². The van der Waals surface area contributed by atoms with Crippen LogP contribution in [-0.4, -0.2) is 35.3 Å². The van der Waals surface area contributed by atoms with Crippen LogP contribution in [0.2, 0.25) is 0 Å². The summed E-state index contributed by atoms with van der Waals surface area (Å²) in [5.74, 6) is 0. The van der Waals surface area contributed by atoms with E-state index in [1.165, 1.54) is 19.3 Å². The lowest BCUT2D eigenvalue weighted by Gasteiger charge is -2.31. The number of nitrogens with zero attached hydrogens (tertiary/aromatic N) is 1. The molecule has 1 fully saturated rings. The van der Waals surface area contributed by atoms with Gasteiger partial charge in [0.15, 0.2) is 0 Å². The molecule has 1 aliphatic rings. The summed E-state index contributed by atoms with van der Waals surface area (Å²) in [6.07, 6.45) is 7.80. The second-order valence-electron chi connectivity index (χ2n) is 5.96. The van der Waals surface area contributed by atoms with Crippen LogP contribution in [0.1, 0.15) is 50.5 Å². The molecule has 1 aromatic rings. The lowest BCUT2D eigenvalue weighted by atomic mass is 9.96. The van der Waals surface area contributed by atoms with Crippen LogP contribution >= 0.6 is 0 Å². The Bertz CT molecular complexity index is 427. The van der Waals surface area contributed by atoms with Crippen LogP contribution in [0.3, 0.4) is 0 Å². The van der Waals surface area contributed by atoms with E-state index in [0.717, 1.165) is 31.2 Å². The first-order chi connectivity index (χ1) is 10.8. The Morgan fingerprint density at radius 3 is 2.36 bits per heavy atom. The Labute approximate surface area is 133 Å². The minimum atomic E-state index is -0.302. The van der Waals surface area contributed by atoms with Crippen molar-refractivity contribution in [2.75, 3.05) is 13.2 Å². The van der Waals surface area contributed by atoms with Crippen LogP contribution in [0.25, 0.3) is 0 Å². The van der Waals surface area contributed by atoms with Crippen molar-refractivity contribution < 1.29 is 14.6 Å². The van der Waals surface area contributed by atoms with Gasteiger partial charge in [-0.2, -0.15) is 0 Å². The Balaban J connectivity index is 1.91. The Morgan fingerprint density at radius 1 is 1.09 bits per heavy atom. The van der Waals surface area contributed by atoms with Crippen molar-refractivity contribution in [1.29, 1.82) is 0 Å². The lowest BCUT2D eigenvalue weighted by molar-refractivity contribution is 0.0656. The van der Waals surface area contributed by atoms with E-state index in [-0.39, 0.29) is 25.3 Å². The summed E-state index contributed by atoms with van der Waals surface area (Å²) in [4.78, 5) is 14.1. The zero-order chi connectivity index (χ0) is 15.6. The third kappa shape index (κ3) is 5.34. The molecular weight excluding hydrogens is 278 g/mol. The molecule has 1 aliphatic carbocycles. The molecule has 0 heterocycles. The second-order valence-corrected chi connectivity index (χ2v) is 5.96. The highest BCUT2D eigenvalue weighted by Crippen LogP contribution is 2.22. The van der Waals surface area contributed by atoms with Crippen molar-refractivity contribution in [3.05, 3.63) is 35.9 Å². The van der Waals surface area contributed by atoms with Gasteiger partial charge in [0, 0.05) is 12.6 Å². The molecule has 0 aliphatic heterocycles. The number of benzene rings is 1. The topological polar surface area (TPSA) is 49.8 Å². The van der Waals surface area contributed by atoms with Crippen molar-refractivity contribution in [2.24, 2.45) is 0 Å². The number of ether oxygens (including phenoxy) is 1. The van der Waals surface area contributed by atoms with Gasteiger partial charge in [-0.15, -0.1) is 0 Å². The smallest absolute Gasteiger partial charge is 0.410 e. The minimum Gasteiger partial charge on any atom is -0.445 e.